The molecule has 0 amide bonds. The van der Waals surface area contributed by atoms with Gasteiger partial charge in [-0.05, 0) is 74.9 Å². The Labute approximate surface area is 206 Å². The SMILES string of the molecule is Cc1c(Cl)ccc(OC2CCN(CC3CCN(C(C(=O)O)c4ccccc4)CC3)CC2)c1Cl. The zero-order chi connectivity index (χ0) is 23.4. The van der Waals surface area contributed by atoms with Gasteiger partial charge in [0.25, 0.3) is 0 Å². The lowest BCUT2D eigenvalue weighted by atomic mass is 9.93. The zero-order valence-corrected chi connectivity index (χ0v) is 20.6. The number of ether oxygens (including phenoxy) is 1. The maximum absolute atomic E-state index is 11.9. The summed E-state index contributed by atoms with van der Waals surface area (Å²) < 4.78 is 6.19. The fourth-order valence-electron chi connectivity index (χ4n) is 5.02. The molecular weight excluding hydrogens is 459 g/mol. The van der Waals surface area contributed by atoms with E-state index < -0.39 is 12.0 Å². The molecule has 0 aliphatic carbocycles. The Morgan fingerprint density at radius 2 is 1.70 bits per heavy atom. The van der Waals surface area contributed by atoms with E-state index in [-0.39, 0.29) is 6.10 Å². The second-order valence-electron chi connectivity index (χ2n) is 9.23. The van der Waals surface area contributed by atoms with Crippen molar-refractivity contribution in [2.45, 2.75) is 44.8 Å². The van der Waals surface area contributed by atoms with Crippen molar-refractivity contribution in [2.75, 3.05) is 32.7 Å². The fraction of sp³-hybridized carbons (Fsp3) is 0.500. The molecule has 4 rings (SSSR count). The van der Waals surface area contributed by atoms with E-state index in [1.165, 1.54) is 0 Å². The van der Waals surface area contributed by atoms with E-state index in [4.69, 9.17) is 27.9 Å². The molecule has 2 heterocycles. The number of rotatable bonds is 7. The van der Waals surface area contributed by atoms with Crippen molar-refractivity contribution in [2.24, 2.45) is 5.92 Å². The molecule has 33 heavy (non-hydrogen) atoms. The van der Waals surface area contributed by atoms with Gasteiger partial charge in [-0.25, -0.2) is 0 Å². The molecule has 0 saturated carbocycles. The molecule has 0 aromatic heterocycles. The number of carbonyl (C=O) groups is 1. The Morgan fingerprint density at radius 1 is 1.03 bits per heavy atom. The van der Waals surface area contributed by atoms with Gasteiger partial charge in [-0.2, -0.15) is 0 Å². The van der Waals surface area contributed by atoms with E-state index in [1.807, 2.05) is 49.4 Å². The van der Waals surface area contributed by atoms with E-state index in [0.717, 1.165) is 75.3 Å². The van der Waals surface area contributed by atoms with Crippen LogP contribution in [0.2, 0.25) is 10.0 Å². The molecule has 2 saturated heterocycles. The number of nitrogens with zero attached hydrogens (tertiary/aromatic N) is 2. The highest BCUT2D eigenvalue weighted by atomic mass is 35.5. The first kappa shape index (κ1) is 24.3. The number of aliphatic carboxylic acids is 1. The summed E-state index contributed by atoms with van der Waals surface area (Å²) in [6.07, 6.45) is 4.19. The average Bonchev–Trinajstić information content (AvgIpc) is 2.82. The van der Waals surface area contributed by atoms with Crippen LogP contribution >= 0.6 is 23.2 Å². The standard InChI is InChI=1S/C26H32Cl2N2O3/c1-18-22(27)7-8-23(24(18)28)33-21-11-13-29(14-12-21)17-19-9-15-30(16-10-19)25(26(31)32)20-5-3-2-4-6-20/h2-8,19,21,25H,9-17H2,1H3,(H,31,32). The molecule has 1 unspecified atom stereocenters. The van der Waals surface area contributed by atoms with Gasteiger partial charge in [0.2, 0.25) is 0 Å². The third kappa shape index (κ3) is 6.02. The molecule has 5 nitrogen and oxygen atoms in total. The Balaban J connectivity index is 1.23. The Bertz CT molecular complexity index is 940. The van der Waals surface area contributed by atoms with Gasteiger partial charge in [-0.1, -0.05) is 53.5 Å². The van der Waals surface area contributed by atoms with Gasteiger partial charge in [0, 0.05) is 24.7 Å². The molecule has 0 bridgehead atoms. The van der Waals surface area contributed by atoms with Crippen molar-refractivity contribution in [3.63, 3.8) is 0 Å². The number of benzene rings is 2. The summed E-state index contributed by atoms with van der Waals surface area (Å²) in [6, 6.07) is 12.7. The first-order valence-electron chi connectivity index (χ1n) is 11.8. The summed E-state index contributed by atoms with van der Waals surface area (Å²) >= 11 is 12.5. The maximum Gasteiger partial charge on any atom is 0.325 e. The summed E-state index contributed by atoms with van der Waals surface area (Å²) in [7, 11) is 0. The van der Waals surface area contributed by atoms with Crippen LogP contribution in [0.1, 0.15) is 42.9 Å². The fourth-order valence-corrected chi connectivity index (χ4v) is 5.44. The lowest BCUT2D eigenvalue weighted by molar-refractivity contribution is -0.144. The van der Waals surface area contributed by atoms with E-state index in [2.05, 4.69) is 9.80 Å². The number of halogens is 2. The number of hydrogen-bond donors (Lipinski definition) is 1. The van der Waals surface area contributed by atoms with Gasteiger partial charge in [0.05, 0.1) is 5.02 Å². The van der Waals surface area contributed by atoms with Gasteiger partial charge in [-0.15, -0.1) is 0 Å². The molecule has 7 heteroatoms. The van der Waals surface area contributed by atoms with Gasteiger partial charge in [0.1, 0.15) is 17.9 Å². The molecule has 1 atom stereocenters. The number of carboxylic acids is 1. The summed E-state index contributed by atoms with van der Waals surface area (Å²) in [6.45, 7) is 6.65. The van der Waals surface area contributed by atoms with Crippen LogP contribution in [-0.2, 0) is 4.79 Å². The third-order valence-corrected chi connectivity index (χ3v) is 7.87. The van der Waals surface area contributed by atoms with Crippen LogP contribution in [0, 0.1) is 12.8 Å². The van der Waals surface area contributed by atoms with Crippen molar-refractivity contribution >= 4 is 29.2 Å². The summed E-state index contributed by atoms with van der Waals surface area (Å²) in [4.78, 5) is 16.6. The van der Waals surface area contributed by atoms with Crippen LogP contribution in [0.25, 0.3) is 0 Å². The van der Waals surface area contributed by atoms with Crippen LogP contribution in [-0.4, -0.2) is 59.7 Å². The normalized spacial score (nSPS) is 20.0. The monoisotopic (exact) mass is 490 g/mol. The molecule has 2 aromatic rings. The number of piperidine rings is 2. The molecule has 1 N–H and O–H groups in total. The zero-order valence-electron chi connectivity index (χ0n) is 19.1. The largest absolute Gasteiger partial charge is 0.489 e. The van der Waals surface area contributed by atoms with Crippen LogP contribution in [0.15, 0.2) is 42.5 Å². The highest BCUT2D eigenvalue weighted by Crippen LogP contribution is 2.34. The summed E-state index contributed by atoms with van der Waals surface area (Å²) in [5.74, 6) is 0.561. The minimum absolute atomic E-state index is 0.170. The lowest BCUT2D eigenvalue weighted by Crippen LogP contribution is -2.45. The molecular formula is C26H32Cl2N2O3. The van der Waals surface area contributed by atoms with Gasteiger partial charge >= 0.3 is 5.97 Å². The molecule has 0 radical (unpaired) electrons. The van der Waals surface area contributed by atoms with Crippen molar-refractivity contribution in [1.82, 2.24) is 9.80 Å². The van der Waals surface area contributed by atoms with Crippen LogP contribution < -0.4 is 4.74 Å². The smallest absolute Gasteiger partial charge is 0.325 e. The first-order valence-corrected chi connectivity index (χ1v) is 12.5. The maximum atomic E-state index is 11.9. The number of carboxylic acid groups (broad SMARTS) is 1. The Kier molecular flexibility index (Phi) is 8.18. The van der Waals surface area contributed by atoms with E-state index in [1.54, 1.807) is 0 Å². The first-order chi connectivity index (χ1) is 15.9. The van der Waals surface area contributed by atoms with Gasteiger partial charge < -0.3 is 14.7 Å². The van der Waals surface area contributed by atoms with Gasteiger partial charge in [0.15, 0.2) is 0 Å². The molecule has 2 aliphatic heterocycles. The highest BCUT2D eigenvalue weighted by Gasteiger charge is 2.32. The predicted molar refractivity (Wildman–Crippen MR) is 132 cm³/mol. The highest BCUT2D eigenvalue weighted by molar-refractivity contribution is 6.36. The van der Waals surface area contributed by atoms with E-state index >= 15 is 0 Å². The minimum atomic E-state index is -0.766. The van der Waals surface area contributed by atoms with E-state index in [0.29, 0.717) is 16.0 Å². The van der Waals surface area contributed by atoms with Crippen molar-refractivity contribution in [1.29, 1.82) is 0 Å². The number of hydrogen-bond acceptors (Lipinski definition) is 4. The molecule has 0 spiro atoms. The summed E-state index contributed by atoms with van der Waals surface area (Å²) in [5, 5.41) is 11.1. The second kappa shape index (κ2) is 11.1. The predicted octanol–water partition coefficient (Wildman–Crippen LogP) is 5.68. The van der Waals surface area contributed by atoms with Crippen molar-refractivity contribution in [3.8, 4) is 5.75 Å². The van der Waals surface area contributed by atoms with Crippen LogP contribution in [0.5, 0.6) is 5.75 Å². The summed E-state index contributed by atoms with van der Waals surface area (Å²) in [5.41, 5.74) is 1.72. The average molecular weight is 491 g/mol. The molecule has 2 aliphatic rings. The third-order valence-electron chi connectivity index (χ3n) is 6.99. The number of likely N-dealkylation sites (tertiary alicyclic amines) is 2. The van der Waals surface area contributed by atoms with Crippen molar-refractivity contribution < 1.29 is 14.6 Å². The second-order valence-corrected chi connectivity index (χ2v) is 10.0. The topological polar surface area (TPSA) is 53.0 Å². The Hall–Kier alpha value is -1.79. The lowest BCUT2D eigenvalue weighted by Gasteiger charge is -2.39. The van der Waals surface area contributed by atoms with Gasteiger partial charge in [-0.3, -0.25) is 9.69 Å². The molecule has 2 aromatic carbocycles. The quantitative estimate of drug-likeness (QED) is 0.540. The van der Waals surface area contributed by atoms with Crippen molar-refractivity contribution in [3.05, 3.63) is 63.6 Å². The minimum Gasteiger partial charge on any atom is -0.489 e. The van der Waals surface area contributed by atoms with Crippen LogP contribution in [0.3, 0.4) is 0 Å². The Morgan fingerprint density at radius 3 is 2.33 bits per heavy atom. The van der Waals surface area contributed by atoms with Crippen LogP contribution in [0.4, 0.5) is 0 Å². The molecule has 2 fully saturated rings. The molecule has 178 valence electrons. The van der Waals surface area contributed by atoms with E-state index in [9.17, 15) is 9.90 Å².